The Morgan fingerprint density at radius 1 is 1.43 bits per heavy atom. The molecule has 116 valence electrons. The number of hydrogen-bond donors (Lipinski definition) is 0. The highest BCUT2D eigenvalue weighted by atomic mass is 127. The predicted octanol–water partition coefficient (Wildman–Crippen LogP) is 4.24. The second-order valence-corrected chi connectivity index (χ2v) is 6.19. The van der Waals surface area contributed by atoms with Crippen LogP contribution in [-0.4, -0.2) is 28.3 Å². The van der Waals surface area contributed by atoms with Crippen LogP contribution in [0.2, 0.25) is 0 Å². The zero-order valence-corrected chi connectivity index (χ0v) is 14.8. The topological polar surface area (TPSA) is 63.5 Å². The number of nitrogens with zero attached hydrogens (tertiary/aromatic N) is 2. The molecule has 0 spiro atoms. The Kier molecular flexibility index (Phi) is 7.07. The summed E-state index contributed by atoms with van der Waals surface area (Å²) in [7, 11) is 0. The van der Waals surface area contributed by atoms with Crippen LogP contribution in [0.25, 0.3) is 0 Å². The number of nitro groups is 1. The monoisotopic (exact) mass is 404 g/mol. The van der Waals surface area contributed by atoms with Crippen LogP contribution in [0.1, 0.15) is 50.4 Å². The minimum absolute atomic E-state index is 0.0432. The molecule has 1 unspecified atom stereocenters. The molecule has 6 heteroatoms. The fourth-order valence-electron chi connectivity index (χ4n) is 2.02. The summed E-state index contributed by atoms with van der Waals surface area (Å²) < 4.78 is 0.744. The molecule has 0 saturated carbocycles. The van der Waals surface area contributed by atoms with E-state index >= 15 is 0 Å². The van der Waals surface area contributed by atoms with Crippen molar-refractivity contribution in [3.05, 3.63) is 37.4 Å². The summed E-state index contributed by atoms with van der Waals surface area (Å²) in [5, 5.41) is 10.9. The van der Waals surface area contributed by atoms with Crippen molar-refractivity contribution in [3.8, 4) is 0 Å². The Labute approximate surface area is 139 Å². The Morgan fingerprint density at radius 2 is 2.10 bits per heavy atom. The number of hydrogen-bond acceptors (Lipinski definition) is 3. The first kappa shape index (κ1) is 17.9. The van der Waals surface area contributed by atoms with E-state index in [9.17, 15) is 14.9 Å². The number of non-ortho nitro benzene ring substituents is 1. The van der Waals surface area contributed by atoms with Gasteiger partial charge in [-0.3, -0.25) is 14.9 Å². The average Bonchev–Trinajstić information content (AvgIpc) is 2.47. The fourth-order valence-corrected chi connectivity index (χ4v) is 2.58. The van der Waals surface area contributed by atoms with Crippen LogP contribution in [-0.2, 0) is 0 Å². The zero-order valence-electron chi connectivity index (χ0n) is 12.6. The second kappa shape index (κ2) is 8.31. The van der Waals surface area contributed by atoms with Gasteiger partial charge >= 0.3 is 0 Å². The minimum atomic E-state index is -0.466. The summed E-state index contributed by atoms with van der Waals surface area (Å²) >= 11 is 2.05. The molecule has 0 radical (unpaired) electrons. The smallest absolute Gasteiger partial charge is 0.270 e. The molecule has 0 saturated heterocycles. The number of rotatable bonds is 7. The molecule has 21 heavy (non-hydrogen) atoms. The van der Waals surface area contributed by atoms with Crippen LogP contribution < -0.4 is 0 Å². The maximum Gasteiger partial charge on any atom is 0.270 e. The molecule has 0 heterocycles. The maximum absolute atomic E-state index is 12.7. The van der Waals surface area contributed by atoms with E-state index in [0.29, 0.717) is 12.1 Å². The SMILES string of the molecule is CCCCN(C(=O)c1cc([N+](=O)[O-])ccc1I)C(C)CC. The molecule has 1 aromatic rings. The Hall–Kier alpha value is -1.18. The van der Waals surface area contributed by atoms with Crippen molar-refractivity contribution in [2.75, 3.05) is 6.54 Å². The number of nitro benzene ring substituents is 1. The van der Waals surface area contributed by atoms with Crippen molar-refractivity contribution in [1.82, 2.24) is 4.90 Å². The first-order valence-corrected chi connectivity index (χ1v) is 8.25. The summed E-state index contributed by atoms with van der Waals surface area (Å²) in [6.07, 6.45) is 2.80. The number of carbonyl (C=O) groups is 1. The first-order chi connectivity index (χ1) is 9.92. The number of amides is 1. The lowest BCUT2D eigenvalue weighted by molar-refractivity contribution is -0.384. The van der Waals surface area contributed by atoms with Crippen LogP contribution in [0.3, 0.4) is 0 Å². The van der Waals surface area contributed by atoms with Gasteiger partial charge in [-0.2, -0.15) is 0 Å². The van der Waals surface area contributed by atoms with Crippen molar-refractivity contribution >= 4 is 34.2 Å². The lowest BCUT2D eigenvalue weighted by Crippen LogP contribution is -2.39. The van der Waals surface area contributed by atoms with Gasteiger partial charge in [0.2, 0.25) is 0 Å². The highest BCUT2D eigenvalue weighted by Crippen LogP contribution is 2.22. The summed E-state index contributed by atoms with van der Waals surface area (Å²) in [6, 6.07) is 4.56. The van der Waals surface area contributed by atoms with E-state index in [1.54, 1.807) is 6.07 Å². The molecule has 1 atom stereocenters. The highest BCUT2D eigenvalue weighted by molar-refractivity contribution is 14.1. The molecule has 0 aromatic heterocycles. The number of carbonyl (C=O) groups excluding carboxylic acids is 1. The van der Waals surface area contributed by atoms with Crippen molar-refractivity contribution in [2.24, 2.45) is 0 Å². The molecule has 1 amide bonds. The molecule has 0 bridgehead atoms. The van der Waals surface area contributed by atoms with Gasteiger partial charge in [-0.1, -0.05) is 20.3 Å². The number of halogens is 1. The second-order valence-electron chi connectivity index (χ2n) is 5.03. The van der Waals surface area contributed by atoms with E-state index in [0.717, 1.165) is 22.8 Å². The van der Waals surface area contributed by atoms with Gasteiger partial charge in [0.25, 0.3) is 11.6 Å². The van der Waals surface area contributed by atoms with Gasteiger partial charge in [0.05, 0.1) is 10.5 Å². The third-order valence-corrected chi connectivity index (χ3v) is 4.47. The predicted molar refractivity (Wildman–Crippen MR) is 91.5 cm³/mol. The average molecular weight is 404 g/mol. The molecule has 0 aliphatic rings. The Balaban J connectivity index is 3.12. The van der Waals surface area contributed by atoms with Gasteiger partial charge in [-0.25, -0.2) is 0 Å². The maximum atomic E-state index is 12.7. The van der Waals surface area contributed by atoms with Crippen LogP contribution >= 0.6 is 22.6 Å². The van der Waals surface area contributed by atoms with E-state index in [1.165, 1.54) is 12.1 Å². The van der Waals surface area contributed by atoms with E-state index < -0.39 is 4.92 Å². The third kappa shape index (κ3) is 4.66. The summed E-state index contributed by atoms with van der Waals surface area (Å²) in [6.45, 7) is 6.81. The van der Waals surface area contributed by atoms with Crippen LogP contribution in [0.15, 0.2) is 18.2 Å². The van der Waals surface area contributed by atoms with Crippen molar-refractivity contribution < 1.29 is 9.72 Å². The van der Waals surface area contributed by atoms with Crippen molar-refractivity contribution in [3.63, 3.8) is 0 Å². The van der Waals surface area contributed by atoms with E-state index in [4.69, 9.17) is 0 Å². The zero-order chi connectivity index (χ0) is 16.0. The molecule has 0 aliphatic heterocycles. The lowest BCUT2D eigenvalue weighted by atomic mass is 10.1. The molecular weight excluding hydrogens is 383 g/mol. The summed E-state index contributed by atoms with van der Waals surface area (Å²) in [4.78, 5) is 25.0. The minimum Gasteiger partial charge on any atom is -0.336 e. The van der Waals surface area contributed by atoms with Crippen molar-refractivity contribution in [2.45, 2.75) is 46.1 Å². The van der Waals surface area contributed by atoms with Gasteiger partial charge in [0, 0.05) is 28.3 Å². The van der Waals surface area contributed by atoms with E-state index in [2.05, 4.69) is 29.5 Å². The molecular formula is C15H21IN2O3. The van der Waals surface area contributed by atoms with Gasteiger partial charge in [-0.15, -0.1) is 0 Å². The normalized spacial score (nSPS) is 12.0. The van der Waals surface area contributed by atoms with Crippen LogP contribution in [0.4, 0.5) is 5.69 Å². The molecule has 0 fully saturated rings. The summed E-state index contributed by atoms with van der Waals surface area (Å²) in [5.41, 5.74) is 0.375. The quantitative estimate of drug-likeness (QED) is 0.388. The van der Waals surface area contributed by atoms with Crippen LogP contribution in [0, 0.1) is 13.7 Å². The van der Waals surface area contributed by atoms with E-state index in [1.807, 2.05) is 18.7 Å². The molecule has 5 nitrogen and oxygen atoms in total. The molecule has 1 rings (SSSR count). The van der Waals surface area contributed by atoms with Crippen molar-refractivity contribution in [1.29, 1.82) is 0 Å². The standard InChI is InChI=1S/C15H21IN2O3/c1-4-6-9-17(11(3)5-2)15(19)13-10-12(18(20)21)7-8-14(13)16/h7-8,10-11H,4-6,9H2,1-3H3. The molecule has 0 aliphatic carbocycles. The van der Waals surface area contributed by atoms with Gasteiger partial charge in [-0.05, 0) is 48.4 Å². The van der Waals surface area contributed by atoms with Crippen LogP contribution in [0.5, 0.6) is 0 Å². The largest absolute Gasteiger partial charge is 0.336 e. The third-order valence-electron chi connectivity index (χ3n) is 3.53. The van der Waals surface area contributed by atoms with Gasteiger partial charge in [0.15, 0.2) is 0 Å². The Bertz CT molecular complexity index is 520. The Morgan fingerprint density at radius 3 is 2.62 bits per heavy atom. The molecule has 1 aromatic carbocycles. The van der Waals surface area contributed by atoms with Gasteiger partial charge in [0.1, 0.15) is 0 Å². The van der Waals surface area contributed by atoms with Gasteiger partial charge < -0.3 is 4.90 Å². The first-order valence-electron chi connectivity index (χ1n) is 7.17. The fraction of sp³-hybridized carbons (Fsp3) is 0.533. The molecule has 0 N–H and O–H groups in total. The number of unbranched alkanes of at least 4 members (excludes halogenated alkanes) is 1. The number of benzene rings is 1. The summed E-state index contributed by atoms with van der Waals surface area (Å²) in [5.74, 6) is -0.120. The highest BCUT2D eigenvalue weighted by Gasteiger charge is 2.23. The lowest BCUT2D eigenvalue weighted by Gasteiger charge is -2.29. The van der Waals surface area contributed by atoms with E-state index in [-0.39, 0.29) is 17.6 Å².